The van der Waals surface area contributed by atoms with Gasteiger partial charge in [0.05, 0.1) is 5.52 Å². The van der Waals surface area contributed by atoms with E-state index in [2.05, 4.69) is 38.0 Å². The lowest BCUT2D eigenvalue weighted by molar-refractivity contribution is 0.0996. The third-order valence-electron chi connectivity index (χ3n) is 5.66. The second kappa shape index (κ2) is 7.51. The lowest BCUT2D eigenvalue weighted by Gasteiger charge is -2.34. The number of rotatable bonds is 4. The average Bonchev–Trinajstić information content (AvgIpc) is 3.12. The van der Waals surface area contributed by atoms with Gasteiger partial charge >= 0.3 is 6.01 Å². The second-order valence-electron chi connectivity index (χ2n) is 7.78. The summed E-state index contributed by atoms with van der Waals surface area (Å²) < 4.78 is 7.62. The molecule has 1 amide bonds. The predicted molar refractivity (Wildman–Crippen MR) is 119 cm³/mol. The summed E-state index contributed by atoms with van der Waals surface area (Å²) in [6.45, 7) is 4.03. The van der Waals surface area contributed by atoms with Crippen LogP contribution in [0.5, 0.6) is 11.8 Å². The third-order valence-corrected chi connectivity index (χ3v) is 5.66. The highest BCUT2D eigenvalue weighted by Crippen LogP contribution is 2.29. The summed E-state index contributed by atoms with van der Waals surface area (Å²) in [6.07, 6.45) is 1.71. The molecule has 0 saturated carbocycles. The molecule has 0 aliphatic carbocycles. The fraction of sp³-hybridized carbons (Fsp3) is 0.273. The van der Waals surface area contributed by atoms with E-state index in [0.29, 0.717) is 22.2 Å². The summed E-state index contributed by atoms with van der Waals surface area (Å²) in [5, 5.41) is 5.73. The Morgan fingerprint density at radius 1 is 1.10 bits per heavy atom. The molecular weight excluding hydrogens is 394 g/mol. The van der Waals surface area contributed by atoms with Gasteiger partial charge in [0, 0.05) is 61.9 Å². The Morgan fingerprint density at radius 3 is 2.68 bits per heavy atom. The maximum Gasteiger partial charge on any atom is 0.322 e. The van der Waals surface area contributed by atoms with E-state index in [-0.39, 0.29) is 11.7 Å². The Labute approximate surface area is 179 Å². The number of carbonyl (C=O) groups excluding carboxylic acids is 1. The smallest absolute Gasteiger partial charge is 0.322 e. The third kappa shape index (κ3) is 3.53. The molecule has 4 aromatic rings. The Hall–Kier alpha value is -3.72. The predicted octanol–water partition coefficient (Wildman–Crippen LogP) is 2.16. The molecule has 31 heavy (non-hydrogen) atoms. The van der Waals surface area contributed by atoms with Gasteiger partial charge in [-0.15, -0.1) is 0 Å². The highest BCUT2D eigenvalue weighted by molar-refractivity contribution is 6.11. The summed E-state index contributed by atoms with van der Waals surface area (Å²) in [5.41, 5.74) is 8.18. The molecule has 0 bridgehead atoms. The highest BCUT2D eigenvalue weighted by atomic mass is 16.5. The molecular formula is C22H23N7O2. The number of likely N-dealkylation sites (N-methyl/N-ethyl adjacent to an activating group) is 1. The minimum atomic E-state index is -0.573. The van der Waals surface area contributed by atoms with Gasteiger partial charge in [-0.3, -0.25) is 9.48 Å². The average molecular weight is 417 g/mol. The Morgan fingerprint density at radius 2 is 1.90 bits per heavy atom. The number of hydrogen-bond donors (Lipinski definition) is 1. The van der Waals surface area contributed by atoms with Crippen molar-refractivity contribution in [3.05, 3.63) is 48.3 Å². The minimum absolute atomic E-state index is 0.223. The van der Waals surface area contributed by atoms with E-state index in [1.165, 1.54) is 0 Å². The van der Waals surface area contributed by atoms with Crippen molar-refractivity contribution in [1.29, 1.82) is 0 Å². The normalized spacial score (nSPS) is 15.0. The van der Waals surface area contributed by atoms with E-state index in [9.17, 15) is 4.79 Å². The number of ether oxygens (including phenoxy) is 1. The zero-order valence-corrected chi connectivity index (χ0v) is 17.4. The highest BCUT2D eigenvalue weighted by Gasteiger charge is 2.18. The molecule has 0 spiro atoms. The molecule has 0 radical (unpaired) electrons. The number of benzene rings is 2. The first-order valence-corrected chi connectivity index (χ1v) is 10.1. The van der Waals surface area contributed by atoms with Crippen molar-refractivity contribution >= 4 is 33.4 Å². The van der Waals surface area contributed by atoms with Crippen molar-refractivity contribution in [3.8, 4) is 11.8 Å². The summed E-state index contributed by atoms with van der Waals surface area (Å²) in [7, 11) is 3.90. The van der Waals surface area contributed by atoms with Crippen molar-refractivity contribution in [2.75, 3.05) is 38.1 Å². The van der Waals surface area contributed by atoms with Gasteiger partial charge in [0.1, 0.15) is 11.3 Å². The first-order chi connectivity index (χ1) is 15.0. The van der Waals surface area contributed by atoms with Crippen molar-refractivity contribution in [2.24, 2.45) is 12.8 Å². The number of primary amides is 1. The number of anilines is 1. The van der Waals surface area contributed by atoms with Gasteiger partial charge in [-0.05, 0) is 25.2 Å². The molecule has 2 aromatic heterocycles. The molecule has 1 aliphatic heterocycles. The van der Waals surface area contributed by atoms with Crippen LogP contribution in [0.3, 0.4) is 0 Å². The monoisotopic (exact) mass is 417 g/mol. The number of nitrogens with two attached hydrogens (primary N) is 1. The molecule has 1 saturated heterocycles. The molecule has 158 valence electrons. The molecule has 9 heteroatoms. The largest absolute Gasteiger partial charge is 0.424 e. The lowest BCUT2D eigenvalue weighted by atomic mass is 10.1. The maximum atomic E-state index is 11.7. The maximum absolute atomic E-state index is 11.7. The van der Waals surface area contributed by atoms with Gasteiger partial charge < -0.3 is 20.3 Å². The molecule has 3 heterocycles. The van der Waals surface area contributed by atoms with Crippen LogP contribution in [0.2, 0.25) is 0 Å². The van der Waals surface area contributed by atoms with Crippen molar-refractivity contribution in [1.82, 2.24) is 24.6 Å². The molecule has 9 nitrogen and oxygen atoms in total. The lowest BCUT2D eigenvalue weighted by Crippen LogP contribution is -2.44. The van der Waals surface area contributed by atoms with Crippen LogP contribution in [0.25, 0.3) is 21.8 Å². The number of amides is 1. The van der Waals surface area contributed by atoms with Gasteiger partial charge in [-0.25, -0.2) is 4.98 Å². The summed E-state index contributed by atoms with van der Waals surface area (Å²) in [6, 6.07) is 11.9. The van der Waals surface area contributed by atoms with E-state index >= 15 is 0 Å². The first kappa shape index (κ1) is 19.3. The van der Waals surface area contributed by atoms with Crippen LogP contribution in [-0.2, 0) is 7.05 Å². The van der Waals surface area contributed by atoms with Crippen LogP contribution in [0.15, 0.2) is 42.6 Å². The topological polar surface area (TPSA) is 102 Å². The standard InChI is InChI=1S/C22H23N7O2/c1-27-8-10-29(11-9-27)15-4-3-5-16(12-15)31-22-24-13-14-6-7-17-19(21(23)30)26-28(2)20(17)18(14)25-22/h3-7,12-13H,8-11H2,1-2H3,(H2,23,30). The number of aromatic nitrogens is 4. The molecule has 5 rings (SSSR count). The SMILES string of the molecule is CN1CCN(c2cccc(Oc3ncc4ccc5c(C(N)=O)nn(C)c5c4n3)c2)CC1. The van der Waals surface area contributed by atoms with E-state index in [1.54, 1.807) is 17.9 Å². The summed E-state index contributed by atoms with van der Waals surface area (Å²) >= 11 is 0. The zero-order valence-electron chi connectivity index (χ0n) is 17.4. The quantitative estimate of drug-likeness (QED) is 0.543. The Kier molecular flexibility index (Phi) is 4.67. The summed E-state index contributed by atoms with van der Waals surface area (Å²) in [5.74, 6) is 0.0991. The minimum Gasteiger partial charge on any atom is -0.424 e. The molecule has 2 aromatic carbocycles. The van der Waals surface area contributed by atoms with E-state index in [1.807, 2.05) is 30.3 Å². The first-order valence-electron chi connectivity index (χ1n) is 10.1. The van der Waals surface area contributed by atoms with Crippen molar-refractivity contribution in [2.45, 2.75) is 0 Å². The number of nitrogens with zero attached hydrogens (tertiary/aromatic N) is 6. The van der Waals surface area contributed by atoms with E-state index in [0.717, 1.165) is 37.3 Å². The number of carbonyl (C=O) groups is 1. The van der Waals surface area contributed by atoms with E-state index < -0.39 is 5.91 Å². The van der Waals surface area contributed by atoms with Gasteiger partial charge in [0.15, 0.2) is 5.69 Å². The molecule has 1 fully saturated rings. The van der Waals surface area contributed by atoms with Gasteiger partial charge in [-0.1, -0.05) is 12.1 Å². The fourth-order valence-electron chi connectivity index (χ4n) is 3.98. The van der Waals surface area contributed by atoms with Crippen LogP contribution >= 0.6 is 0 Å². The molecule has 2 N–H and O–H groups in total. The fourth-order valence-corrected chi connectivity index (χ4v) is 3.98. The molecule has 0 unspecified atom stereocenters. The van der Waals surface area contributed by atoms with Crippen LogP contribution in [0, 0.1) is 0 Å². The summed E-state index contributed by atoms with van der Waals surface area (Å²) in [4.78, 5) is 25.4. The zero-order chi connectivity index (χ0) is 21.5. The van der Waals surface area contributed by atoms with Crippen LogP contribution < -0.4 is 15.4 Å². The number of aryl methyl sites for hydroxylation is 1. The van der Waals surface area contributed by atoms with Crippen LogP contribution in [-0.4, -0.2) is 63.8 Å². The Bertz CT molecular complexity index is 1290. The van der Waals surface area contributed by atoms with Crippen LogP contribution in [0.4, 0.5) is 5.69 Å². The van der Waals surface area contributed by atoms with Gasteiger partial charge in [0.25, 0.3) is 5.91 Å². The molecule has 0 atom stereocenters. The Balaban J connectivity index is 1.49. The number of fused-ring (bicyclic) bond motifs is 3. The van der Waals surface area contributed by atoms with Gasteiger partial charge in [-0.2, -0.15) is 10.1 Å². The second-order valence-corrected chi connectivity index (χ2v) is 7.78. The van der Waals surface area contributed by atoms with Crippen molar-refractivity contribution in [3.63, 3.8) is 0 Å². The number of hydrogen-bond acceptors (Lipinski definition) is 7. The van der Waals surface area contributed by atoms with Crippen LogP contribution in [0.1, 0.15) is 10.5 Å². The van der Waals surface area contributed by atoms with Gasteiger partial charge in [0.2, 0.25) is 0 Å². The van der Waals surface area contributed by atoms with Crippen molar-refractivity contribution < 1.29 is 9.53 Å². The van der Waals surface area contributed by atoms with E-state index in [4.69, 9.17) is 10.5 Å². The molecule has 1 aliphatic rings. The number of piperazine rings is 1.